The maximum Gasteiger partial charge on any atom is 0.406 e. The maximum atomic E-state index is 13.1. The van der Waals surface area contributed by atoms with E-state index in [1.54, 1.807) is 6.92 Å². The van der Waals surface area contributed by atoms with E-state index in [2.05, 4.69) is 10.9 Å². The van der Waals surface area contributed by atoms with E-state index in [9.17, 15) is 22.8 Å². The lowest BCUT2D eigenvalue weighted by molar-refractivity contribution is -0.141. The van der Waals surface area contributed by atoms with Crippen molar-refractivity contribution in [3.05, 3.63) is 31.3 Å². The van der Waals surface area contributed by atoms with Crippen LogP contribution in [0.5, 0.6) is 0 Å². The van der Waals surface area contributed by atoms with Crippen LogP contribution in [0.2, 0.25) is 0 Å². The first-order valence-electron chi connectivity index (χ1n) is 9.81. The summed E-state index contributed by atoms with van der Waals surface area (Å²) in [6.45, 7) is 7.08. The van der Waals surface area contributed by atoms with Gasteiger partial charge < -0.3 is 4.74 Å². The number of nitrogens with zero attached hydrogens (tertiary/aromatic N) is 2. The Hall–Kier alpha value is -1.69. The Bertz CT molecular complexity index is 1030. The Morgan fingerprint density at radius 1 is 1.20 bits per heavy atom. The fourth-order valence-corrected chi connectivity index (χ4v) is 4.71. The summed E-state index contributed by atoms with van der Waals surface area (Å²) in [4.78, 5) is 26.9. The minimum absolute atomic E-state index is 0.126. The van der Waals surface area contributed by atoms with Gasteiger partial charge in [0.25, 0.3) is 5.56 Å². The predicted octanol–water partition coefficient (Wildman–Crippen LogP) is 2.67. The van der Waals surface area contributed by atoms with Gasteiger partial charge in [-0.25, -0.2) is 4.79 Å². The second kappa shape index (κ2) is 8.45. The van der Waals surface area contributed by atoms with Gasteiger partial charge in [-0.05, 0) is 46.1 Å². The summed E-state index contributed by atoms with van der Waals surface area (Å²) in [7, 11) is 0. The smallest absolute Gasteiger partial charge is 0.376 e. The maximum absolute atomic E-state index is 13.1. The third-order valence-electron chi connectivity index (χ3n) is 4.85. The molecule has 2 aromatic rings. The Kier molecular flexibility index (Phi) is 6.47. The summed E-state index contributed by atoms with van der Waals surface area (Å²) in [6, 6.07) is 0. The number of halogens is 3. The van der Waals surface area contributed by atoms with Gasteiger partial charge in [-0.3, -0.25) is 24.8 Å². The second-order valence-electron chi connectivity index (χ2n) is 8.59. The first-order chi connectivity index (χ1) is 13.9. The molecule has 2 aromatic heterocycles. The Labute approximate surface area is 175 Å². The van der Waals surface area contributed by atoms with Crippen LogP contribution in [0, 0.1) is 6.92 Å². The number of aromatic nitrogens is 2. The van der Waals surface area contributed by atoms with Crippen LogP contribution in [0.1, 0.15) is 44.1 Å². The summed E-state index contributed by atoms with van der Waals surface area (Å²) < 4.78 is 46.4. The van der Waals surface area contributed by atoms with E-state index in [-0.39, 0.29) is 23.6 Å². The highest BCUT2D eigenvalue weighted by atomic mass is 32.1. The molecule has 0 saturated carbocycles. The van der Waals surface area contributed by atoms with E-state index in [0.717, 1.165) is 17.7 Å². The van der Waals surface area contributed by atoms with Gasteiger partial charge in [-0.15, -0.1) is 11.3 Å². The molecule has 1 fully saturated rings. The van der Waals surface area contributed by atoms with Crippen LogP contribution in [0.15, 0.2) is 9.59 Å². The minimum Gasteiger partial charge on any atom is -0.376 e. The van der Waals surface area contributed by atoms with Gasteiger partial charge in [-0.1, -0.05) is 0 Å². The molecule has 1 saturated heterocycles. The van der Waals surface area contributed by atoms with Gasteiger partial charge in [0, 0.05) is 23.6 Å². The number of thiophene rings is 1. The fourth-order valence-electron chi connectivity index (χ4n) is 3.47. The zero-order valence-corrected chi connectivity index (χ0v) is 18.3. The summed E-state index contributed by atoms with van der Waals surface area (Å²) in [6.07, 6.45) is -3.37. The molecule has 11 heteroatoms. The Morgan fingerprint density at radius 3 is 2.47 bits per heavy atom. The summed E-state index contributed by atoms with van der Waals surface area (Å²) >= 11 is 1.25. The van der Waals surface area contributed by atoms with Crippen LogP contribution < -0.4 is 22.1 Å². The third-order valence-corrected chi connectivity index (χ3v) is 6.17. The molecule has 7 nitrogen and oxygen atoms in total. The van der Waals surface area contributed by atoms with Crippen LogP contribution in [0.25, 0.3) is 10.2 Å². The summed E-state index contributed by atoms with van der Waals surface area (Å²) in [5.41, 5.74) is 4.74. The van der Waals surface area contributed by atoms with Crippen LogP contribution in [0.3, 0.4) is 0 Å². The van der Waals surface area contributed by atoms with Gasteiger partial charge in [0.05, 0.1) is 18.0 Å². The normalized spacial score (nSPS) is 17.9. The van der Waals surface area contributed by atoms with Gasteiger partial charge in [0.1, 0.15) is 11.4 Å². The molecule has 0 aliphatic carbocycles. The van der Waals surface area contributed by atoms with E-state index < -0.39 is 24.0 Å². The van der Waals surface area contributed by atoms with Crippen molar-refractivity contribution in [3.63, 3.8) is 0 Å². The van der Waals surface area contributed by atoms with E-state index >= 15 is 0 Å². The number of hydrogen-bond donors (Lipinski definition) is 2. The molecule has 1 aliphatic heterocycles. The molecular formula is C19H27F3N4O3S. The molecule has 0 bridgehead atoms. The zero-order valence-electron chi connectivity index (χ0n) is 17.5. The number of rotatable bonds is 6. The average Bonchev–Trinajstić information content (AvgIpc) is 3.22. The predicted molar refractivity (Wildman–Crippen MR) is 110 cm³/mol. The molecule has 1 atom stereocenters. The lowest BCUT2D eigenvalue weighted by Crippen LogP contribution is -2.45. The number of fused-ring (bicyclic) bond motifs is 1. The van der Waals surface area contributed by atoms with Crippen molar-refractivity contribution in [2.45, 2.75) is 78.0 Å². The SMILES string of the molecule is Cc1c(CNNC(C)(C)C)sc2c1c(=O)n(CC(F)(F)F)c(=O)n2CC1CCCO1. The fraction of sp³-hybridized carbons (Fsp3) is 0.684. The van der Waals surface area contributed by atoms with Crippen molar-refractivity contribution in [3.8, 4) is 0 Å². The Morgan fingerprint density at radius 2 is 1.90 bits per heavy atom. The zero-order chi connectivity index (χ0) is 22.3. The number of hydrazine groups is 1. The van der Waals surface area contributed by atoms with Gasteiger partial charge >= 0.3 is 11.9 Å². The summed E-state index contributed by atoms with van der Waals surface area (Å²) in [5, 5.41) is 0.161. The topological polar surface area (TPSA) is 77.3 Å². The van der Waals surface area contributed by atoms with E-state index in [0.29, 0.717) is 28.1 Å². The van der Waals surface area contributed by atoms with E-state index in [4.69, 9.17) is 4.74 Å². The molecule has 3 rings (SSSR count). The standard InChI is InChI=1S/C19H27F3N4O3S/c1-11-13(8-23-24-18(2,3)4)30-16-14(11)15(27)26(10-19(20,21)22)17(28)25(16)9-12-6-5-7-29-12/h12,23-24H,5-10H2,1-4H3. The lowest BCUT2D eigenvalue weighted by Gasteiger charge is -2.20. The van der Waals surface area contributed by atoms with Crippen molar-refractivity contribution < 1.29 is 17.9 Å². The van der Waals surface area contributed by atoms with Crippen molar-refractivity contribution in [1.82, 2.24) is 20.0 Å². The second-order valence-corrected chi connectivity index (χ2v) is 9.68. The van der Waals surface area contributed by atoms with E-state index in [1.165, 1.54) is 15.9 Å². The van der Waals surface area contributed by atoms with Crippen LogP contribution >= 0.6 is 11.3 Å². The molecule has 0 aromatic carbocycles. The minimum atomic E-state index is -4.68. The highest BCUT2D eigenvalue weighted by Crippen LogP contribution is 2.29. The molecule has 0 spiro atoms. The number of ether oxygens (including phenoxy) is 1. The van der Waals surface area contributed by atoms with Gasteiger partial charge in [0.15, 0.2) is 0 Å². The number of hydrogen-bond acceptors (Lipinski definition) is 6. The van der Waals surface area contributed by atoms with Crippen LogP contribution in [0.4, 0.5) is 13.2 Å². The van der Waals surface area contributed by atoms with Crippen LogP contribution in [-0.2, 0) is 24.4 Å². The number of nitrogens with one attached hydrogen (secondary N) is 2. The van der Waals surface area contributed by atoms with Crippen molar-refractivity contribution in [1.29, 1.82) is 0 Å². The first kappa shape index (κ1) is 23.0. The van der Waals surface area contributed by atoms with Crippen molar-refractivity contribution in [2.24, 2.45) is 0 Å². The highest BCUT2D eigenvalue weighted by Gasteiger charge is 2.32. The quantitative estimate of drug-likeness (QED) is 0.665. The lowest BCUT2D eigenvalue weighted by atomic mass is 10.1. The number of aryl methyl sites for hydroxylation is 1. The first-order valence-corrected chi connectivity index (χ1v) is 10.6. The third kappa shape index (κ3) is 5.13. The van der Waals surface area contributed by atoms with Crippen molar-refractivity contribution in [2.75, 3.05) is 6.61 Å². The molecule has 1 unspecified atom stereocenters. The highest BCUT2D eigenvalue weighted by molar-refractivity contribution is 7.18. The van der Waals surface area contributed by atoms with Gasteiger partial charge in [0.2, 0.25) is 0 Å². The Balaban J connectivity index is 2.11. The monoisotopic (exact) mass is 448 g/mol. The number of alkyl halides is 3. The molecule has 30 heavy (non-hydrogen) atoms. The van der Waals surface area contributed by atoms with E-state index in [1.807, 2.05) is 20.8 Å². The molecule has 2 N–H and O–H groups in total. The molecule has 168 valence electrons. The molecular weight excluding hydrogens is 421 g/mol. The summed E-state index contributed by atoms with van der Waals surface area (Å²) in [5.74, 6) is 0. The van der Waals surface area contributed by atoms with Crippen molar-refractivity contribution >= 4 is 21.6 Å². The largest absolute Gasteiger partial charge is 0.406 e. The van der Waals surface area contributed by atoms with Gasteiger partial charge in [-0.2, -0.15) is 13.2 Å². The van der Waals surface area contributed by atoms with Crippen LogP contribution in [-0.4, -0.2) is 33.6 Å². The molecule has 1 aliphatic rings. The average molecular weight is 449 g/mol. The molecule has 3 heterocycles. The molecule has 0 amide bonds. The molecule has 0 radical (unpaired) electrons.